The molecule has 0 aliphatic carbocycles. The quantitative estimate of drug-likeness (QED) is 0.644. The summed E-state index contributed by atoms with van der Waals surface area (Å²) in [5.74, 6) is 6.39. The van der Waals surface area contributed by atoms with E-state index in [4.69, 9.17) is 0 Å². The average Bonchev–Trinajstić information content (AvgIpc) is 2.26. The summed E-state index contributed by atoms with van der Waals surface area (Å²) in [6.07, 6.45) is 2.56. The van der Waals surface area contributed by atoms with E-state index in [0.29, 0.717) is 0 Å². The maximum absolute atomic E-state index is 4.30. The van der Waals surface area contributed by atoms with Crippen LogP contribution in [0.4, 0.5) is 0 Å². The van der Waals surface area contributed by atoms with Gasteiger partial charge in [0.05, 0.1) is 0 Å². The van der Waals surface area contributed by atoms with E-state index < -0.39 is 0 Å². The molecule has 0 heterocycles. The minimum atomic E-state index is 0.178. The number of benzene rings is 1. The molecule has 0 spiro atoms. The molecule has 0 saturated heterocycles. The van der Waals surface area contributed by atoms with Gasteiger partial charge in [-0.25, -0.2) is 0 Å². The van der Waals surface area contributed by atoms with E-state index in [2.05, 4.69) is 50.9 Å². The van der Waals surface area contributed by atoms with Crippen molar-refractivity contribution in [2.75, 3.05) is 5.75 Å². The lowest BCUT2D eigenvalue weighted by molar-refractivity contribution is 0.553. The molecule has 1 rings (SSSR count). The highest BCUT2D eigenvalue weighted by Crippen LogP contribution is 2.29. The maximum atomic E-state index is 4.30. The highest BCUT2D eigenvalue weighted by atomic mass is 32.2. The summed E-state index contributed by atoms with van der Waals surface area (Å²) in [5, 5.41) is 0. The predicted molar refractivity (Wildman–Crippen MR) is 73.1 cm³/mol. The normalized spacial score (nSPS) is 13.1. The van der Waals surface area contributed by atoms with Crippen LogP contribution in [0.15, 0.2) is 29.2 Å². The fraction of sp³-hybridized carbons (Fsp3) is 0.500. The van der Waals surface area contributed by atoms with Crippen LogP contribution < -0.4 is 0 Å². The maximum Gasteiger partial charge on any atom is 0.00114 e. The van der Waals surface area contributed by atoms with Crippen molar-refractivity contribution >= 4 is 16.4 Å². The molecule has 1 heteroatoms. The summed E-state index contributed by atoms with van der Waals surface area (Å²) in [6, 6.07) is 8.84. The molecule has 0 bridgehead atoms. The van der Waals surface area contributed by atoms with Gasteiger partial charge in [0.1, 0.15) is 0 Å². The van der Waals surface area contributed by atoms with Crippen LogP contribution in [0, 0.1) is 12.8 Å². The Morgan fingerprint density at radius 2 is 1.67 bits per heavy atom. The molecule has 0 aliphatic heterocycles. The molecule has 0 amide bonds. The smallest absolute Gasteiger partial charge is 0.00114 e. The summed E-state index contributed by atoms with van der Waals surface area (Å²) in [6.45, 7) is 6.69. The molecule has 0 radical (unpaired) electrons. The van der Waals surface area contributed by atoms with Gasteiger partial charge in [-0.05, 0) is 30.7 Å². The molecular weight excluding hydrogens is 200 g/mol. The fourth-order valence-corrected chi connectivity index (χ4v) is 3.39. The molecule has 1 aromatic carbocycles. The summed E-state index contributed by atoms with van der Waals surface area (Å²) in [7, 11) is 0.178. The number of rotatable bonds is 5. The van der Waals surface area contributed by atoms with Crippen LogP contribution in [-0.2, 0) is 0 Å². The number of hydrogen-bond donors (Lipinski definition) is 0. The standard InChI is InChI=1S/C14H22S/c1-5-13(6-2)11-15(4)14-9-7-12(3)8-10-14/h7-10,13H,4-6,11H2,1-3H3. The van der Waals surface area contributed by atoms with Crippen molar-refractivity contribution in [3.63, 3.8) is 0 Å². The second kappa shape index (κ2) is 6.12. The van der Waals surface area contributed by atoms with Crippen LogP contribution in [0.25, 0.3) is 0 Å². The van der Waals surface area contributed by atoms with Gasteiger partial charge in [-0.3, -0.25) is 0 Å². The van der Waals surface area contributed by atoms with E-state index in [9.17, 15) is 0 Å². The Kier molecular flexibility index (Phi) is 5.10. The monoisotopic (exact) mass is 222 g/mol. The van der Waals surface area contributed by atoms with Gasteiger partial charge < -0.3 is 0 Å². The second-order valence-corrected chi connectivity index (χ2v) is 5.95. The van der Waals surface area contributed by atoms with E-state index in [0.717, 1.165) is 5.92 Å². The number of aryl methyl sites for hydroxylation is 1. The highest BCUT2D eigenvalue weighted by Gasteiger charge is 2.06. The third kappa shape index (κ3) is 3.83. The van der Waals surface area contributed by atoms with Crippen molar-refractivity contribution in [3.8, 4) is 0 Å². The molecule has 0 saturated carbocycles. The molecule has 15 heavy (non-hydrogen) atoms. The Balaban J connectivity index is 2.64. The molecular formula is C14H22S. The molecule has 84 valence electrons. The fourth-order valence-electron chi connectivity index (χ4n) is 1.64. The zero-order valence-corrected chi connectivity index (χ0v) is 10.9. The van der Waals surface area contributed by atoms with Gasteiger partial charge >= 0.3 is 0 Å². The van der Waals surface area contributed by atoms with E-state index in [1.807, 2.05) is 0 Å². The lowest BCUT2D eigenvalue weighted by Crippen LogP contribution is -2.01. The lowest BCUT2D eigenvalue weighted by Gasteiger charge is -2.15. The van der Waals surface area contributed by atoms with Gasteiger partial charge in [0, 0.05) is 4.90 Å². The van der Waals surface area contributed by atoms with Gasteiger partial charge in [-0.1, -0.05) is 50.3 Å². The van der Waals surface area contributed by atoms with Gasteiger partial charge in [0.2, 0.25) is 0 Å². The summed E-state index contributed by atoms with van der Waals surface area (Å²) in [4.78, 5) is 1.41. The average molecular weight is 222 g/mol. The zero-order valence-electron chi connectivity index (χ0n) is 10.1. The summed E-state index contributed by atoms with van der Waals surface area (Å²) < 4.78 is 0. The minimum Gasteiger partial charge on any atom is -0.162 e. The molecule has 1 aromatic rings. The Hall–Kier alpha value is -0.560. The van der Waals surface area contributed by atoms with Gasteiger partial charge in [-0.15, -0.1) is 0 Å². The molecule has 0 fully saturated rings. The third-order valence-corrected chi connectivity index (χ3v) is 4.76. The molecule has 0 aliphatic rings. The first-order valence-corrected chi connectivity index (χ1v) is 7.30. The van der Waals surface area contributed by atoms with Crippen molar-refractivity contribution in [2.45, 2.75) is 38.5 Å². The van der Waals surface area contributed by atoms with Crippen molar-refractivity contribution in [2.24, 2.45) is 5.92 Å². The lowest BCUT2D eigenvalue weighted by atomic mass is 10.1. The number of hydrogen-bond acceptors (Lipinski definition) is 0. The SMILES string of the molecule is C=S(CC(CC)CC)c1ccc(C)cc1. The summed E-state index contributed by atoms with van der Waals surface area (Å²) >= 11 is 0. The van der Waals surface area contributed by atoms with Crippen LogP contribution in [0.3, 0.4) is 0 Å². The van der Waals surface area contributed by atoms with Crippen LogP contribution in [0.2, 0.25) is 0 Å². The largest absolute Gasteiger partial charge is 0.162 e. The first-order valence-electron chi connectivity index (χ1n) is 5.74. The van der Waals surface area contributed by atoms with Crippen LogP contribution in [0.1, 0.15) is 32.3 Å². The second-order valence-electron chi connectivity index (χ2n) is 4.16. The van der Waals surface area contributed by atoms with Crippen LogP contribution >= 0.6 is 10.5 Å². The van der Waals surface area contributed by atoms with Gasteiger partial charge in [-0.2, -0.15) is 10.5 Å². The molecule has 0 N–H and O–H groups in total. The first kappa shape index (κ1) is 12.5. The Morgan fingerprint density at radius 1 is 1.13 bits per heavy atom. The van der Waals surface area contributed by atoms with E-state index >= 15 is 0 Å². The third-order valence-electron chi connectivity index (χ3n) is 2.95. The Labute approximate surface area is 96.6 Å². The molecule has 0 nitrogen and oxygen atoms in total. The predicted octanol–water partition coefficient (Wildman–Crippen LogP) is 4.49. The van der Waals surface area contributed by atoms with Crippen molar-refractivity contribution < 1.29 is 0 Å². The van der Waals surface area contributed by atoms with Crippen LogP contribution in [-0.4, -0.2) is 11.6 Å². The van der Waals surface area contributed by atoms with E-state index in [1.165, 1.54) is 29.1 Å². The topological polar surface area (TPSA) is 0 Å². The Bertz CT molecular complexity index is 307. The minimum absolute atomic E-state index is 0.178. The first-order chi connectivity index (χ1) is 7.17. The zero-order chi connectivity index (χ0) is 11.3. The van der Waals surface area contributed by atoms with Crippen molar-refractivity contribution in [1.29, 1.82) is 0 Å². The molecule has 1 atom stereocenters. The molecule has 0 aromatic heterocycles. The highest BCUT2D eigenvalue weighted by molar-refractivity contribution is 8.14. The van der Waals surface area contributed by atoms with Crippen molar-refractivity contribution in [1.82, 2.24) is 0 Å². The molecule has 1 unspecified atom stereocenters. The van der Waals surface area contributed by atoms with Gasteiger partial charge in [0.15, 0.2) is 0 Å². The van der Waals surface area contributed by atoms with Gasteiger partial charge in [0.25, 0.3) is 0 Å². The van der Waals surface area contributed by atoms with Crippen molar-refractivity contribution in [3.05, 3.63) is 29.8 Å². The van der Waals surface area contributed by atoms with Crippen LogP contribution in [0.5, 0.6) is 0 Å². The van der Waals surface area contributed by atoms with E-state index in [-0.39, 0.29) is 10.5 Å². The Morgan fingerprint density at radius 3 is 2.13 bits per heavy atom. The summed E-state index contributed by atoms with van der Waals surface area (Å²) in [5.41, 5.74) is 1.33. The van der Waals surface area contributed by atoms with E-state index in [1.54, 1.807) is 0 Å².